The minimum atomic E-state index is -1.03. The average molecular weight is 263 g/mol. The summed E-state index contributed by atoms with van der Waals surface area (Å²) in [5, 5.41) is 11.3. The van der Waals surface area contributed by atoms with Gasteiger partial charge in [0, 0.05) is 5.92 Å². The molecule has 3 atom stereocenters. The van der Waals surface area contributed by atoms with Crippen LogP contribution in [-0.2, 0) is 9.59 Å². The number of ether oxygens (including phenoxy) is 1. The van der Waals surface area contributed by atoms with Crippen LogP contribution >= 0.6 is 0 Å². The number of hydrogen-bond acceptors (Lipinski definition) is 3. The Hall–Kier alpha value is -2.04. The summed E-state index contributed by atoms with van der Waals surface area (Å²) in [6, 6.07) is 6.74. The molecule has 0 aromatic heterocycles. The van der Waals surface area contributed by atoms with Crippen molar-refractivity contribution in [3.63, 3.8) is 0 Å². The molecule has 5 heteroatoms. The van der Waals surface area contributed by atoms with Crippen LogP contribution in [0.4, 0.5) is 0 Å². The van der Waals surface area contributed by atoms with Gasteiger partial charge in [0.2, 0.25) is 5.91 Å². The van der Waals surface area contributed by atoms with E-state index < -0.39 is 12.0 Å². The number of amides is 1. The van der Waals surface area contributed by atoms with Gasteiger partial charge in [-0.15, -0.1) is 0 Å². The van der Waals surface area contributed by atoms with E-state index in [-0.39, 0.29) is 17.7 Å². The topological polar surface area (TPSA) is 75.6 Å². The van der Waals surface area contributed by atoms with E-state index in [9.17, 15) is 9.59 Å². The quantitative estimate of drug-likeness (QED) is 0.841. The van der Waals surface area contributed by atoms with E-state index in [1.807, 2.05) is 24.3 Å². The molecule has 1 amide bonds. The maximum atomic E-state index is 11.9. The summed E-state index contributed by atoms with van der Waals surface area (Å²) in [5.41, 5.74) is 1.01. The number of carboxylic acid groups (broad SMARTS) is 1. The van der Waals surface area contributed by atoms with Crippen molar-refractivity contribution in [3.8, 4) is 5.75 Å². The molecule has 0 bridgehead atoms. The summed E-state index contributed by atoms with van der Waals surface area (Å²) >= 11 is 0. The Labute approximate surface area is 111 Å². The second-order valence-corrected chi connectivity index (χ2v) is 4.76. The maximum Gasteiger partial charge on any atom is 0.325 e. The second kappa shape index (κ2) is 5.30. The lowest BCUT2D eigenvalue weighted by Gasteiger charge is -2.10. The van der Waals surface area contributed by atoms with Gasteiger partial charge in [-0.1, -0.05) is 18.2 Å². The Balaban J connectivity index is 2.00. The Morgan fingerprint density at radius 3 is 2.74 bits per heavy atom. The van der Waals surface area contributed by atoms with Gasteiger partial charge < -0.3 is 15.2 Å². The number of hydrogen-bond donors (Lipinski definition) is 2. The summed E-state index contributed by atoms with van der Waals surface area (Å²) in [6.07, 6.45) is 0.735. The Kier molecular flexibility index (Phi) is 3.74. The van der Waals surface area contributed by atoms with E-state index >= 15 is 0 Å². The van der Waals surface area contributed by atoms with Crippen molar-refractivity contribution in [2.24, 2.45) is 5.92 Å². The fraction of sp³-hybridized carbons (Fsp3) is 0.429. The number of benzene rings is 1. The minimum Gasteiger partial charge on any atom is -0.496 e. The van der Waals surface area contributed by atoms with E-state index in [1.54, 1.807) is 7.11 Å². The summed E-state index contributed by atoms with van der Waals surface area (Å²) in [4.78, 5) is 22.6. The molecule has 1 aliphatic carbocycles. The highest BCUT2D eigenvalue weighted by atomic mass is 16.5. The molecular formula is C14H17NO4. The average Bonchev–Trinajstić information content (AvgIpc) is 3.18. The molecule has 5 nitrogen and oxygen atoms in total. The molecule has 0 heterocycles. The molecule has 1 aromatic carbocycles. The summed E-state index contributed by atoms with van der Waals surface area (Å²) in [7, 11) is 1.60. The molecular weight excluding hydrogens is 246 g/mol. The van der Waals surface area contributed by atoms with Crippen LogP contribution in [0.15, 0.2) is 24.3 Å². The molecule has 1 saturated carbocycles. The molecule has 0 radical (unpaired) electrons. The van der Waals surface area contributed by atoms with Crippen molar-refractivity contribution in [2.45, 2.75) is 25.3 Å². The zero-order valence-corrected chi connectivity index (χ0v) is 10.9. The molecule has 1 fully saturated rings. The van der Waals surface area contributed by atoms with Gasteiger partial charge in [-0.3, -0.25) is 9.59 Å². The first-order valence-corrected chi connectivity index (χ1v) is 6.20. The van der Waals surface area contributed by atoms with Crippen molar-refractivity contribution in [3.05, 3.63) is 29.8 Å². The lowest BCUT2D eigenvalue weighted by Crippen LogP contribution is -2.39. The zero-order valence-electron chi connectivity index (χ0n) is 10.9. The van der Waals surface area contributed by atoms with Crippen molar-refractivity contribution >= 4 is 11.9 Å². The van der Waals surface area contributed by atoms with Crippen LogP contribution in [0.2, 0.25) is 0 Å². The van der Waals surface area contributed by atoms with E-state index in [4.69, 9.17) is 9.84 Å². The molecule has 0 unspecified atom stereocenters. The van der Waals surface area contributed by atoms with E-state index in [0.717, 1.165) is 17.7 Å². The van der Waals surface area contributed by atoms with Crippen LogP contribution in [0, 0.1) is 5.92 Å². The van der Waals surface area contributed by atoms with Crippen LogP contribution in [0.25, 0.3) is 0 Å². The number of carboxylic acids is 1. The molecule has 1 aromatic rings. The number of carbonyl (C=O) groups excluding carboxylic acids is 1. The fourth-order valence-corrected chi connectivity index (χ4v) is 2.18. The first-order chi connectivity index (χ1) is 9.04. The number of rotatable bonds is 5. The van der Waals surface area contributed by atoms with Gasteiger partial charge >= 0.3 is 5.97 Å². The highest BCUT2D eigenvalue weighted by Crippen LogP contribution is 2.50. The van der Waals surface area contributed by atoms with Crippen molar-refractivity contribution in [2.75, 3.05) is 7.11 Å². The maximum absolute atomic E-state index is 11.9. The number of methoxy groups -OCH3 is 1. The lowest BCUT2D eigenvalue weighted by atomic mass is 10.1. The Bertz CT molecular complexity index is 500. The second-order valence-electron chi connectivity index (χ2n) is 4.76. The fourth-order valence-electron chi connectivity index (χ4n) is 2.18. The third kappa shape index (κ3) is 2.86. The van der Waals surface area contributed by atoms with E-state index in [1.165, 1.54) is 6.92 Å². The highest BCUT2D eigenvalue weighted by molar-refractivity contribution is 5.87. The summed E-state index contributed by atoms with van der Waals surface area (Å²) in [5.74, 6) is -0.488. The van der Waals surface area contributed by atoms with Gasteiger partial charge in [0.25, 0.3) is 0 Å². The molecule has 19 heavy (non-hydrogen) atoms. The van der Waals surface area contributed by atoms with Crippen LogP contribution in [0.5, 0.6) is 5.75 Å². The molecule has 2 N–H and O–H groups in total. The normalized spacial score (nSPS) is 22.4. The predicted octanol–water partition coefficient (Wildman–Crippen LogP) is 1.39. The van der Waals surface area contributed by atoms with Crippen molar-refractivity contribution < 1.29 is 19.4 Å². The molecule has 0 spiro atoms. The molecule has 102 valence electrons. The third-order valence-electron chi connectivity index (χ3n) is 3.39. The lowest BCUT2D eigenvalue weighted by molar-refractivity contribution is -0.141. The third-order valence-corrected chi connectivity index (χ3v) is 3.39. The monoisotopic (exact) mass is 263 g/mol. The van der Waals surface area contributed by atoms with Gasteiger partial charge in [0.1, 0.15) is 11.8 Å². The number of carbonyl (C=O) groups is 2. The first-order valence-electron chi connectivity index (χ1n) is 6.20. The van der Waals surface area contributed by atoms with Crippen LogP contribution < -0.4 is 10.1 Å². The van der Waals surface area contributed by atoms with Gasteiger partial charge in [-0.2, -0.15) is 0 Å². The standard InChI is InChI=1S/C14H17NO4/c1-8(14(17)18)15-13(16)11-7-10(11)9-5-3-4-6-12(9)19-2/h3-6,8,10-11H,7H2,1-2H3,(H,15,16)(H,17,18)/t8-,10-,11+/m1/s1. The van der Waals surface area contributed by atoms with E-state index in [2.05, 4.69) is 5.32 Å². The van der Waals surface area contributed by atoms with Gasteiger partial charge in [0.05, 0.1) is 7.11 Å². The molecule has 0 aliphatic heterocycles. The number of aliphatic carboxylic acids is 1. The highest BCUT2D eigenvalue weighted by Gasteiger charge is 2.45. The SMILES string of the molecule is COc1ccccc1[C@H]1C[C@@H]1C(=O)N[C@H](C)C(=O)O. The number of para-hydroxylation sites is 1. The summed E-state index contributed by atoms with van der Waals surface area (Å²) in [6.45, 7) is 1.46. The minimum absolute atomic E-state index is 0.122. The molecule has 2 rings (SSSR count). The Morgan fingerprint density at radius 1 is 1.42 bits per heavy atom. The predicted molar refractivity (Wildman–Crippen MR) is 69.1 cm³/mol. The van der Waals surface area contributed by atoms with Crippen molar-refractivity contribution in [1.29, 1.82) is 0 Å². The molecule has 1 aliphatic rings. The smallest absolute Gasteiger partial charge is 0.325 e. The van der Waals surface area contributed by atoms with Crippen molar-refractivity contribution in [1.82, 2.24) is 5.32 Å². The number of nitrogens with one attached hydrogen (secondary N) is 1. The Morgan fingerprint density at radius 2 is 2.11 bits per heavy atom. The van der Waals surface area contributed by atoms with Crippen LogP contribution in [-0.4, -0.2) is 30.1 Å². The summed E-state index contributed by atoms with van der Waals surface area (Å²) < 4.78 is 5.27. The first kappa shape index (κ1) is 13.4. The van der Waals surface area contributed by atoms with E-state index in [0.29, 0.717) is 0 Å². The largest absolute Gasteiger partial charge is 0.496 e. The molecule has 0 saturated heterocycles. The van der Waals surface area contributed by atoms with Gasteiger partial charge in [-0.25, -0.2) is 0 Å². The van der Waals surface area contributed by atoms with Gasteiger partial charge in [0.15, 0.2) is 0 Å². The van der Waals surface area contributed by atoms with Crippen LogP contribution in [0.3, 0.4) is 0 Å². The van der Waals surface area contributed by atoms with Crippen LogP contribution in [0.1, 0.15) is 24.8 Å². The zero-order chi connectivity index (χ0) is 14.0. The van der Waals surface area contributed by atoms with Gasteiger partial charge in [-0.05, 0) is 30.9 Å².